The molecule has 25 heavy (non-hydrogen) atoms. The number of primary amides is 1. The number of rotatable bonds is 5. The topological polar surface area (TPSA) is 125 Å². The molecular formula is C16H24N6O3. The predicted molar refractivity (Wildman–Crippen MR) is 91.0 cm³/mol. The van der Waals surface area contributed by atoms with E-state index in [0.717, 1.165) is 37.3 Å². The van der Waals surface area contributed by atoms with Crippen molar-refractivity contribution in [1.82, 2.24) is 20.2 Å². The maximum atomic E-state index is 11.8. The van der Waals surface area contributed by atoms with E-state index in [0.29, 0.717) is 6.54 Å². The van der Waals surface area contributed by atoms with Gasteiger partial charge in [-0.25, -0.2) is 14.8 Å². The van der Waals surface area contributed by atoms with Gasteiger partial charge in [0.2, 0.25) is 5.91 Å². The number of carbonyl (C=O) groups is 2. The number of urea groups is 1. The Bertz CT molecular complexity index is 649. The molecule has 0 spiro atoms. The Hall–Kier alpha value is -2.42. The van der Waals surface area contributed by atoms with Crippen molar-refractivity contribution in [2.75, 3.05) is 31.6 Å². The molecule has 4 N–H and O–H groups in total. The summed E-state index contributed by atoms with van der Waals surface area (Å²) in [6.07, 6.45) is 3.65. The second kappa shape index (κ2) is 7.22. The normalized spacial score (nSPS) is 25.4. The number of nitrogens with zero attached hydrogens (tertiary/aromatic N) is 4. The van der Waals surface area contributed by atoms with E-state index >= 15 is 0 Å². The minimum Gasteiger partial charge on any atom is -0.391 e. The van der Waals surface area contributed by atoms with Crippen LogP contribution in [0.25, 0.3) is 0 Å². The first-order valence-corrected chi connectivity index (χ1v) is 8.47. The molecule has 1 unspecified atom stereocenters. The van der Waals surface area contributed by atoms with Crippen molar-refractivity contribution >= 4 is 17.8 Å². The summed E-state index contributed by atoms with van der Waals surface area (Å²) in [4.78, 5) is 34.7. The number of aliphatic hydroxyl groups is 1. The minimum absolute atomic E-state index is 0.0363. The number of β-amino-alcohol motifs (C(OH)–C–C–N with tert-alkyl or cyclic N) is 1. The first kappa shape index (κ1) is 17.4. The highest BCUT2D eigenvalue weighted by Crippen LogP contribution is 2.36. The molecule has 136 valence electrons. The third-order valence-electron chi connectivity index (χ3n) is 4.84. The largest absolute Gasteiger partial charge is 0.391 e. The van der Waals surface area contributed by atoms with Gasteiger partial charge in [0.25, 0.3) is 0 Å². The molecule has 1 saturated carbocycles. The van der Waals surface area contributed by atoms with Crippen molar-refractivity contribution in [3.63, 3.8) is 0 Å². The van der Waals surface area contributed by atoms with Crippen molar-refractivity contribution in [3.8, 4) is 0 Å². The third-order valence-corrected chi connectivity index (χ3v) is 4.84. The van der Waals surface area contributed by atoms with Crippen LogP contribution in [-0.4, -0.2) is 70.7 Å². The Morgan fingerprint density at radius 1 is 1.44 bits per heavy atom. The summed E-state index contributed by atoms with van der Waals surface area (Å²) in [5, 5.41) is 12.6. The fourth-order valence-corrected chi connectivity index (χ4v) is 3.25. The van der Waals surface area contributed by atoms with E-state index in [1.54, 1.807) is 6.33 Å². The zero-order chi connectivity index (χ0) is 18.0. The van der Waals surface area contributed by atoms with Crippen LogP contribution >= 0.6 is 0 Å². The van der Waals surface area contributed by atoms with Crippen molar-refractivity contribution < 1.29 is 14.7 Å². The molecule has 1 aliphatic heterocycles. The number of nitrogens with two attached hydrogens (primary N) is 1. The van der Waals surface area contributed by atoms with Crippen LogP contribution in [0.4, 0.5) is 10.6 Å². The van der Waals surface area contributed by atoms with Crippen LogP contribution in [-0.2, 0) is 4.79 Å². The molecule has 0 aromatic carbocycles. The number of anilines is 1. The van der Waals surface area contributed by atoms with Crippen LogP contribution in [0.5, 0.6) is 0 Å². The fourth-order valence-electron chi connectivity index (χ4n) is 3.25. The number of aliphatic hydroxyl groups excluding tert-OH is 1. The molecule has 0 radical (unpaired) electrons. The highest BCUT2D eigenvalue weighted by atomic mass is 16.3. The van der Waals surface area contributed by atoms with Gasteiger partial charge in [0.05, 0.1) is 6.10 Å². The maximum Gasteiger partial charge on any atom is 0.314 e. The maximum absolute atomic E-state index is 11.8. The summed E-state index contributed by atoms with van der Waals surface area (Å²) in [5.41, 5.74) is 6.07. The first-order valence-electron chi connectivity index (χ1n) is 8.47. The van der Waals surface area contributed by atoms with Crippen LogP contribution in [0.3, 0.4) is 0 Å². The molecule has 1 atom stereocenters. The minimum atomic E-state index is -0.623. The van der Waals surface area contributed by atoms with E-state index in [1.807, 2.05) is 6.07 Å². The second-order valence-corrected chi connectivity index (χ2v) is 6.82. The van der Waals surface area contributed by atoms with Crippen molar-refractivity contribution in [1.29, 1.82) is 0 Å². The van der Waals surface area contributed by atoms with Gasteiger partial charge in [-0.2, -0.15) is 0 Å². The van der Waals surface area contributed by atoms with E-state index in [4.69, 9.17) is 5.73 Å². The predicted octanol–water partition coefficient (Wildman–Crippen LogP) is -0.580. The fraction of sp³-hybridized carbons (Fsp3) is 0.625. The second-order valence-electron chi connectivity index (χ2n) is 6.82. The number of aromatic nitrogens is 2. The van der Waals surface area contributed by atoms with Crippen LogP contribution in [0.2, 0.25) is 0 Å². The van der Waals surface area contributed by atoms with Crippen LogP contribution in [0, 0.1) is 0 Å². The summed E-state index contributed by atoms with van der Waals surface area (Å²) in [6, 6.07) is 1.44. The van der Waals surface area contributed by atoms with Gasteiger partial charge >= 0.3 is 6.03 Å². The van der Waals surface area contributed by atoms with Crippen molar-refractivity contribution in [3.05, 3.63) is 18.1 Å². The molecule has 9 heteroatoms. The average Bonchev–Trinajstić information content (AvgIpc) is 2.97. The summed E-state index contributed by atoms with van der Waals surface area (Å²) in [6.45, 7) is 1.37. The van der Waals surface area contributed by atoms with Gasteiger partial charge in [0.1, 0.15) is 18.7 Å². The Kier molecular flexibility index (Phi) is 5.03. The molecule has 2 heterocycles. The molecule has 1 aliphatic carbocycles. The number of amides is 3. The van der Waals surface area contributed by atoms with Gasteiger partial charge < -0.3 is 26.0 Å². The van der Waals surface area contributed by atoms with Gasteiger partial charge in [-0.1, -0.05) is 0 Å². The lowest BCUT2D eigenvalue weighted by Gasteiger charge is -2.36. The van der Waals surface area contributed by atoms with Crippen LogP contribution < -0.4 is 16.0 Å². The molecule has 2 fully saturated rings. The lowest BCUT2D eigenvalue weighted by Crippen LogP contribution is -2.48. The summed E-state index contributed by atoms with van der Waals surface area (Å²) in [7, 11) is 1.49. The number of carbonyl (C=O) groups excluding carboxylic acids is 2. The molecule has 1 saturated heterocycles. The Morgan fingerprint density at radius 2 is 2.20 bits per heavy atom. The van der Waals surface area contributed by atoms with E-state index in [9.17, 15) is 14.7 Å². The molecule has 0 bridgehead atoms. The Labute approximate surface area is 146 Å². The zero-order valence-corrected chi connectivity index (χ0v) is 14.3. The highest BCUT2D eigenvalue weighted by Gasteiger charge is 2.33. The van der Waals surface area contributed by atoms with E-state index in [1.165, 1.54) is 11.9 Å². The quantitative estimate of drug-likeness (QED) is 0.654. The smallest absolute Gasteiger partial charge is 0.314 e. The van der Waals surface area contributed by atoms with Gasteiger partial charge in [0.15, 0.2) is 0 Å². The third kappa shape index (κ3) is 4.16. The molecular weight excluding hydrogens is 324 g/mol. The van der Waals surface area contributed by atoms with E-state index < -0.39 is 6.03 Å². The Morgan fingerprint density at radius 3 is 2.84 bits per heavy atom. The van der Waals surface area contributed by atoms with Crippen molar-refractivity contribution in [2.24, 2.45) is 5.73 Å². The Balaban J connectivity index is 1.49. The van der Waals surface area contributed by atoms with Gasteiger partial charge in [0, 0.05) is 43.9 Å². The molecule has 1 aromatic heterocycles. The SMILES string of the molecule is CN(CC(=O)NC1CC(c2cc(N3CCC(O)C3)ncn2)C1)C(N)=O. The lowest BCUT2D eigenvalue weighted by molar-refractivity contribution is -0.122. The van der Waals surface area contributed by atoms with Crippen molar-refractivity contribution in [2.45, 2.75) is 37.3 Å². The van der Waals surface area contributed by atoms with Gasteiger partial charge in [-0.05, 0) is 19.3 Å². The van der Waals surface area contributed by atoms with Crippen LogP contribution in [0.1, 0.15) is 30.9 Å². The number of likely N-dealkylation sites (N-methyl/N-ethyl adjacent to an activating group) is 1. The molecule has 1 aromatic rings. The lowest BCUT2D eigenvalue weighted by atomic mass is 9.78. The monoisotopic (exact) mass is 348 g/mol. The molecule has 3 rings (SSSR count). The highest BCUT2D eigenvalue weighted by molar-refractivity contribution is 5.83. The average molecular weight is 348 g/mol. The van der Waals surface area contributed by atoms with E-state index in [2.05, 4.69) is 20.2 Å². The first-order chi connectivity index (χ1) is 11.9. The van der Waals surface area contributed by atoms with Gasteiger partial charge in [-0.15, -0.1) is 0 Å². The summed E-state index contributed by atoms with van der Waals surface area (Å²) >= 11 is 0. The zero-order valence-electron chi connectivity index (χ0n) is 14.3. The standard InChI is InChI=1S/C16H24N6O3/c1-21(16(17)25)8-15(24)20-11-4-10(5-11)13-6-14(19-9-18-13)22-3-2-12(23)7-22/h6,9-12,23H,2-5,7-8H2,1H3,(H2,17,25)(H,20,24). The molecule has 2 aliphatic rings. The molecule has 3 amide bonds. The van der Waals surface area contributed by atoms with Gasteiger partial charge in [-0.3, -0.25) is 4.79 Å². The summed E-state index contributed by atoms with van der Waals surface area (Å²) < 4.78 is 0. The summed E-state index contributed by atoms with van der Waals surface area (Å²) in [5.74, 6) is 0.921. The van der Waals surface area contributed by atoms with Crippen LogP contribution in [0.15, 0.2) is 12.4 Å². The number of nitrogens with one attached hydrogen (secondary N) is 1. The molecule has 9 nitrogen and oxygen atoms in total. The van der Waals surface area contributed by atoms with E-state index in [-0.39, 0.29) is 30.5 Å². The number of hydrogen-bond donors (Lipinski definition) is 3. The number of hydrogen-bond acceptors (Lipinski definition) is 6.